The van der Waals surface area contributed by atoms with Gasteiger partial charge in [0.2, 0.25) is 0 Å². The third-order valence-corrected chi connectivity index (χ3v) is 4.43. The van der Waals surface area contributed by atoms with E-state index in [9.17, 15) is 4.79 Å². The highest BCUT2D eigenvalue weighted by Crippen LogP contribution is 2.37. The minimum absolute atomic E-state index is 0.0134. The SMILES string of the molecule is Cc1sc2c(c1C)C(=O)N[C@@H](c1ccccc1)N2. The van der Waals surface area contributed by atoms with Crippen molar-refractivity contribution in [3.63, 3.8) is 0 Å². The Morgan fingerprint density at radius 3 is 2.56 bits per heavy atom. The van der Waals surface area contributed by atoms with Crippen LogP contribution in [0.2, 0.25) is 0 Å². The van der Waals surface area contributed by atoms with Crippen molar-refractivity contribution in [2.45, 2.75) is 20.0 Å². The molecule has 2 heterocycles. The normalized spacial score (nSPS) is 17.9. The summed E-state index contributed by atoms with van der Waals surface area (Å²) in [5.74, 6) is 0.0134. The molecule has 0 unspecified atom stereocenters. The summed E-state index contributed by atoms with van der Waals surface area (Å²) >= 11 is 1.65. The summed E-state index contributed by atoms with van der Waals surface area (Å²) in [5.41, 5.74) is 2.94. The van der Waals surface area contributed by atoms with E-state index < -0.39 is 0 Å². The van der Waals surface area contributed by atoms with Gasteiger partial charge in [-0.3, -0.25) is 4.79 Å². The van der Waals surface area contributed by atoms with Crippen molar-refractivity contribution in [2.75, 3.05) is 5.32 Å². The van der Waals surface area contributed by atoms with Gasteiger partial charge in [0.05, 0.1) is 5.56 Å². The average molecular weight is 258 g/mol. The second kappa shape index (κ2) is 4.14. The first-order valence-electron chi connectivity index (χ1n) is 5.89. The maximum atomic E-state index is 12.2. The molecule has 1 aromatic carbocycles. The highest BCUT2D eigenvalue weighted by atomic mass is 32.1. The summed E-state index contributed by atoms with van der Waals surface area (Å²) in [4.78, 5) is 13.4. The fourth-order valence-electron chi connectivity index (χ4n) is 2.18. The first-order valence-corrected chi connectivity index (χ1v) is 6.71. The van der Waals surface area contributed by atoms with Gasteiger partial charge in [-0.1, -0.05) is 30.3 Å². The quantitative estimate of drug-likeness (QED) is 0.824. The molecule has 2 N–H and O–H groups in total. The molecule has 1 amide bonds. The molecule has 1 aliphatic heterocycles. The number of thiophene rings is 1. The standard InChI is InChI=1S/C14H14N2OS/c1-8-9(2)18-14-11(8)13(17)15-12(16-14)10-6-4-3-5-7-10/h3-7,12,16H,1-2H3,(H,15,17)/t12-/m1/s1. The van der Waals surface area contributed by atoms with Crippen LogP contribution in [-0.4, -0.2) is 5.91 Å². The summed E-state index contributed by atoms with van der Waals surface area (Å²) < 4.78 is 0. The van der Waals surface area contributed by atoms with Crippen molar-refractivity contribution >= 4 is 22.2 Å². The van der Waals surface area contributed by atoms with Gasteiger partial charge in [-0.05, 0) is 25.0 Å². The monoisotopic (exact) mass is 258 g/mol. The Morgan fingerprint density at radius 1 is 1.11 bits per heavy atom. The Bertz CT molecular complexity index is 604. The van der Waals surface area contributed by atoms with Gasteiger partial charge in [0.25, 0.3) is 5.91 Å². The molecule has 0 spiro atoms. The lowest BCUT2D eigenvalue weighted by Crippen LogP contribution is -2.38. The predicted octanol–water partition coefficient (Wildman–Crippen LogP) is 3.22. The van der Waals surface area contributed by atoms with E-state index in [1.807, 2.05) is 44.2 Å². The molecule has 3 nitrogen and oxygen atoms in total. The number of carbonyl (C=O) groups excluding carboxylic acids is 1. The Hall–Kier alpha value is -1.81. The van der Waals surface area contributed by atoms with Gasteiger partial charge in [0, 0.05) is 4.88 Å². The van der Waals surface area contributed by atoms with Crippen LogP contribution in [0.25, 0.3) is 0 Å². The maximum absolute atomic E-state index is 12.2. The number of nitrogens with one attached hydrogen (secondary N) is 2. The smallest absolute Gasteiger partial charge is 0.256 e. The van der Waals surface area contributed by atoms with Crippen LogP contribution < -0.4 is 10.6 Å². The van der Waals surface area contributed by atoms with Crippen LogP contribution in [0.3, 0.4) is 0 Å². The number of benzene rings is 1. The van der Waals surface area contributed by atoms with E-state index >= 15 is 0 Å². The second-order valence-corrected chi connectivity index (χ2v) is 5.67. The Kier molecular flexibility index (Phi) is 2.59. The van der Waals surface area contributed by atoms with Crippen molar-refractivity contribution in [2.24, 2.45) is 0 Å². The number of hydrogen-bond donors (Lipinski definition) is 2. The number of carbonyl (C=O) groups is 1. The molecule has 0 bridgehead atoms. The topological polar surface area (TPSA) is 41.1 Å². The summed E-state index contributed by atoms with van der Waals surface area (Å²) in [5, 5.41) is 7.37. The third kappa shape index (κ3) is 1.69. The van der Waals surface area contributed by atoms with Crippen LogP contribution in [0, 0.1) is 13.8 Å². The molecule has 92 valence electrons. The van der Waals surface area contributed by atoms with Crippen LogP contribution in [0.5, 0.6) is 0 Å². The lowest BCUT2D eigenvalue weighted by Gasteiger charge is -2.26. The molecule has 0 radical (unpaired) electrons. The molecule has 0 saturated heterocycles. The number of fused-ring (bicyclic) bond motifs is 1. The number of amides is 1. The van der Waals surface area contributed by atoms with E-state index in [4.69, 9.17) is 0 Å². The third-order valence-electron chi connectivity index (χ3n) is 3.30. The Morgan fingerprint density at radius 2 is 1.83 bits per heavy atom. The van der Waals surface area contributed by atoms with Crippen molar-refractivity contribution in [1.29, 1.82) is 0 Å². The summed E-state index contributed by atoms with van der Waals surface area (Å²) in [6.45, 7) is 4.04. The second-order valence-electron chi connectivity index (χ2n) is 4.45. The summed E-state index contributed by atoms with van der Waals surface area (Å²) in [6.07, 6.45) is -0.136. The molecule has 0 saturated carbocycles. The zero-order valence-electron chi connectivity index (χ0n) is 10.3. The first kappa shape index (κ1) is 11.3. The van der Waals surface area contributed by atoms with E-state index in [1.165, 1.54) is 4.88 Å². The van der Waals surface area contributed by atoms with Crippen LogP contribution in [0.4, 0.5) is 5.00 Å². The molecule has 1 aliphatic rings. The van der Waals surface area contributed by atoms with Crippen molar-refractivity contribution in [3.05, 3.63) is 51.9 Å². The lowest BCUT2D eigenvalue weighted by molar-refractivity contribution is 0.0936. The molecular formula is C14H14N2OS. The van der Waals surface area contributed by atoms with E-state index in [-0.39, 0.29) is 12.1 Å². The highest BCUT2D eigenvalue weighted by Gasteiger charge is 2.28. The van der Waals surface area contributed by atoms with Crippen LogP contribution in [-0.2, 0) is 0 Å². The van der Waals surface area contributed by atoms with Crippen LogP contribution in [0.15, 0.2) is 30.3 Å². The molecule has 3 rings (SSSR count). The van der Waals surface area contributed by atoms with E-state index in [0.29, 0.717) is 0 Å². The Balaban J connectivity index is 2.00. The Labute approximate surface area is 110 Å². The molecule has 18 heavy (non-hydrogen) atoms. The summed E-state index contributed by atoms with van der Waals surface area (Å²) in [6, 6.07) is 9.94. The summed E-state index contributed by atoms with van der Waals surface area (Å²) in [7, 11) is 0. The molecular weight excluding hydrogens is 244 g/mol. The van der Waals surface area contributed by atoms with Gasteiger partial charge in [-0.2, -0.15) is 0 Å². The fourth-order valence-corrected chi connectivity index (χ4v) is 3.27. The van der Waals surface area contributed by atoms with Gasteiger partial charge in [-0.25, -0.2) is 0 Å². The molecule has 4 heteroatoms. The minimum atomic E-state index is -0.136. The molecule has 1 atom stereocenters. The number of aryl methyl sites for hydroxylation is 1. The highest BCUT2D eigenvalue weighted by molar-refractivity contribution is 7.16. The van der Waals surface area contributed by atoms with Crippen LogP contribution >= 0.6 is 11.3 Å². The zero-order chi connectivity index (χ0) is 12.7. The minimum Gasteiger partial charge on any atom is -0.353 e. The fraction of sp³-hybridized carbons (Fsp3) is 0.214. The molecule has 0 fully saturated rings. The predicted molar refractivity (Wildman–Crippen MR) is 74.1 cm³/mol. The van der Waals surface area contributed by atoms with E-state index in [0.717, 1.165) is 21.7 Å². The van der Waals surface area contributed by atoms with Gasteiger partial charge >= 0.3 is 0 Å². The molecule has 2 aromatic rings. The average Bonchev–Trinajstić information content (AvgIpc) is 2.66. The molecule has 0 aliphatic carbocycles. The van der Waals surface area contributed by atoms with E-state index in [1.54, 1.807) is 11.3 Å². The van der Waals surface area contributed by atoms with Gasteiger partial charge in [0.15, 0.2) is 0 Å². The van der Waals surface area contributed by atoms with Crippen molar-refractivity contribution in [3.8, 4) is 0 Å². The van der Waals surface area contributed by atoms with Crippen LogP contribution in [0.1, 0.15) is 32.5 Å². The van der Waals surface area contributed by atoms with Crippen molar-refractivity contribution < 1.29 is 4.79 Å². The largest absolute Gasteiger partial charge is 0.353 e. The maximum Gasteiger partial charge on any atom is 0.256 e. The van der Waals surface area contributed by atoms with Gasteiger partial charge < -0.3 is 10.6 Å². The number of anilines is 1. The number of rotatable bonds is 1. The zero-order valence-corrected chi connectivity index (χ0v) is 11.1. The van der Waals surface area contributed by atoms with Gasteiger partial charge in [0.1, 0.15) is 11.2 Å². The lowest BCUT2D eigenvalue weighted by atomic mass is 10.1. The van der Waals surface area contributed by atoms with E-state index in [2.05, 4.69) is 10.6 Å². The van der Waals surface area contributed by atoms with Gasteiger partial charge in [-0.15, -0.1) is 11.3 Å². The number of hydrogen-bond acceptors (Lipinski definition) is 3. The van der Waals surface area contributed by atoms with Crippen molar-refractivity contribution in [1.82, 2.24) is 5.32 Å². The first-order chi connectivity index (χ1) is 8.66. The molecule has 1 aromatic heterocycles.